The van der Waals surface area contributed by atoms with E-state index >= 15 is 0 Å². The molecular formula is C33H31FN6O3. The van der Waals surface area contributed by atoms with Crippen LogP contribution >= 0.6 is 0 Å². The third-order valence-electron chi connectivity index (χ3n) is 8.26. The minimum atomic E-state index is -0.330. The third kappa shape index (κ3) is 5.14. The summed E-state index contributed by atoms with van der Waals surface area (Å²) in [7, 11) is 1.60. The lowest BCUT2D eigenvalue weighted by atomic mass is 10.0. The number of fused-ring (bicyclic) bond motifs is 2. The Hall–Kier alpha value is -4.96. The quantitative estimate of drug-likeness (QED) is 0.249. The van der Waals surface area contributed by atoms with E-state index in [1.165, 1.54) is 12.1 Å². The van der Waals surface area contributed by atoms with Crippen LogP contribution in [0.5, 0.6) is 5.88 Å². The van der Waals surface area contributed by atoms with E-state index in [2.05, 4.69) is 19.9 Å². The van der Waals surface area contributed by atoms with Crippen LogP contribution in [-0.4, -0.2) is 62.4 Å². The third-order valence-corrected chi connectivity index (χ3v) is 8.26. The van der Waals surface area contributed by atoms with Crippen molar-refractivity contribution in [2.75, 3.05) is 26.7 Å². The Kier molecular flexibility index (Phi) is 6.90. The van der Waals surface area contributed by atoms with Crippen LogP contribution in [0.4, 0.5) is 4.39 Å². The summed E-state index contributed by atoms with van der Waals surface area (Å²) in [5.41, 5.74) is 5.95. The summed E-state index contributed by atoms with van der Waals surface area (Å²) >= 11 is 0. The number of aryl methyl sites for hydroxylation is 1. The molecule has 6 aromatic rings. The van der Waals surface area contributed by atoms with Gasteiger partial charge >= 0.3 is 0 Å². The van der Waals surface area contributed by atoms with Gasteiger partial charge in [0.15, 0.2) is 0 Å². The normalized spacial score (nSPS) is 15.9. The molecule has 5 heterocycles. The molecule has 1 atom stereocenters. The molecule has 1 saturated heterocycles. The molecule has 0 spiro atoms. The number of para-hydroxylation sites is 1. The van der Waals surface area contributed by atoms with Gasteiger partial charge in [0.05, 0.1) is 49.0 Å². The fourth-order valence-corrected chi connectivity index (χ4v) is 6.08. The highest BCUT2D eigenvalue weighted by Crippen LogP contribution is 2.33. The highest BCUT2D eigenvalue weighted by Gasteiger charge is 2.34. The van der Waals surface area contributed by atoms with Crippen LogP contribution in [0.15, 0.2) is 77.7 Å². The van der Waals surface area contributed by atoms with Gasteiger partial charge in [-0.15, -0.1) is 0 Å². The molecule has 1 unspecified atom stereocenters. The number of nitrogens with one attached hydrogen (secondary N) is 2. The van der Waals surface area contributed by atoms with Gasteiger partial charge < -0.3 is 24.0 Å². The van der Waals surface area contributed by atoms with Crippen molar-refractivity contribution in [2.45, 2.75) is 25.9 Å². The van der Waals surface area contributed by atoms with Crippen LogP contribution in [0.25, 0.3) is 33.1 Å². The summed E-state index contributed by atoms with van der Waals surface area (Å²) in [6.07, 6.45) is 5.34. The Morgan fingerprint density at radius 1 is 1.14 bits per heavy atom. The van der Waals surface area contributed by atoms with Crippen molar-refractivity contribution < 1.29 is 18.3 Å². The number of aromatic amines is 2. The van der Waals surface area contributed by atoms with Crippen LogP contribution < -0.4 is 4.74 Å². The summed E-state index contributed by atoms with van der Waals surface area (Å²) in [6.45, 7) is 4.42. The van der Waals surface area contributed by atoms with Crippen LogP contribution in [0.3, 0.4) is 0 Å². The van der Waals surface area contributed by atoms with E-state index in [4.69, 9.17) is 14.1 Å². The summed E-state index contributed by atoms with van der Waals surface area (Å²) in [5, 5.41) is 1.72. The number of benzene rings is 2. The van der Waals surface area contributed by atoms with Gasteiger partial charge in [-0.25, -0.2) is 14.4 Å². The summed E-state index contributed by atoms with van der Waals surface area (Å²) in [6, 6.07) is 16.2. The highest BCUT2D eigenvalue weighted by atomic mass is 19.1. The standard InChI is InChI=1S/C33H31FN6O3/c1-20-24(25-14-23(34)7-8-28(25)36-20)15-31(41)40-11-10-39(17-21-9-12-43-19-21)18-30(40)32-35-16-29(37-32)26-13-22-5-3-4-6-27(22)38-33(26)42-2/h3-9,12-14,16,19,30,36H,10-11,15,17-18H2,1-2H3,(H,35,37). The molecule has 4 aromatic heterocycles. The zero-order chi connectivity index (χ0) is 29.5. The Morgan fingerprint density at radius 2 is 2.02 bits per heavy atom. The van der Waals surface area contributed by atoms with Crippen LogP contribution in [0, 0.1) is 12.7 Å². The van der Waals surface area contributed by atoms with E-state index in [1.54, 1.807) is 31.9 Å². The first kappa shape index (κ1) is 26.9. The molecule has 2 N–H and O–H groups in total. The number of furan rings is 1. The maximum atomic E-state index is 14.1. The molecule has 218 valence electrons. The molecule has 0 bridgehead atoms. The molecule has 0 aliphatic carbocycles. The number of methoxy groups -OCH3 is 1. The minimum absolute atomic E-state index is 0.0378. The number of carbonyl (C=O) groups is 1. The molecule has 1 aliphatic heterocycles. The predicted octanol–water partition coefficient (Wildman–Crippen LogP) is 5.78. The maximum absolute atomic E-state index is 14.1. The number of imidazole rings is 1. The Labute approximate surface area is 247 Å². The van der Waals surface area contributed by atoms with Crippen LogP contribution in [0.2, 0.25) is 0 Å². The second-order valence-corrected chi connectivity index (χ2v) is 11.0. The van der Waals surface area contributed by atoms with Gasteiger partial charge in [-0.1, -0.05) is 18.2 Å². The van der Waals surface area contributed by atoms with Crippen molar-refractivity contribution in [3.05, 3.63) is 102 Å². The highest BCUT2D eigenvalue weighted by molar-refractivity contribution is 5.90. The first-order chi connectivity index (χ1) is 21.0. The van der Waals surface area contributed by atoms with Crippen molar-refractivity contribution in [3.8, 4) is 17.1 Å². The Balaban J connectivity index is 1.22. The number of hydrogen-bond donors (Lipinski definition) is 2. The topological polar surface area (TPSA) is 103 Å². The molecule has 43 heavy (non-hydrogen) atoms. The number of ether oxygens (including phenoxy) is 1. The first-order valence-electron chi connectivity index (χ1n) is 14.3. The van der Waals surface area contributed by atoms with E-state index in [9.17, 15) is 9.18 Å². The van der Waals surface area contributed by atoms with Crippen molar-refractivity contribution in [1.29, 1.82) is 0 Å². The Morgan fingerprint density at radius 3 is 2.86 bits per heavy atom. The largest absolute Gasteiger partial charge is 0.480 e. The van der Waals surface area contributed by atoms with Gasteiger partial charge in [-0.05, 0) is 48.9 Å². The zero-order valence-corrected chi connectivity index (χ0v) is 23.9. The number of carbonyl (C=O) groups excluding carboxylic acids is 1. The van der Waals surface area contributed by atoms with Gasteiger partial charge in [-0.2, -0.15) is 0 Å². The zero-order valence-electron chi connectivity index (χ0n) is 23.9. The monoisotopic (exact) mass is 578 g/mol. The Bertz CT molecular complexity index is 1930. The fraction of sp³-hybridized carbons (Fsp3) is 0.242. The van der Waals surface area contributed by atoms with Gasteiger partial charge in [-0.3, -0.25) is 9.69 Å². The first-order valence-corrected chi connectivity index (χ1v) is 14.3. The number of aromatic nitrogens is 4. The fourth-order valence-electron chi connectivity index (χ4n) is 6.08. The van der Waals surface area contributed by atoms with Gasteiger partial charge in [0.2, 0.25) is 11.8 Å². The molecule has 0 radical (unpaired) electrons. The van der Waals surface area contributed by atoms with Crippen molar-refractivity contribution in [2.24, 2.45) is 0 Å². The van der Waals surface area contributed by atoms with E-state index in [0.29, 0.717) is 37.9 Å². The lowest BCUT2D eigenvalue weighted by Crippen LogP contribution is -2.51. The minimum Gasteiger partial charge on any atom is -0.480 e. The number of amides is 1. The summed E-state index contributed by atoms with van der Waals surface area (Å²) in [4.78, 5) is 34.4. The number of halogens is 1. The van der Waals surface area contributed by atoms with Gasteiger partial charge in [0, 0.05) is 53.7 Å². The van der Waals surface area contributed by atoms with Crippen molar-refractivity contribution in [3.63, 3.8) is 0 Å². The number of pyridine rings is 1. The second kappa shape index (κ2) is 11.0. The molecule has 1 fully saturated rings. The molecule has 1 aliphatic rings. The number of piperazine rings is 1. The van der Waals surface area contributed by atoms with E-state index in [1.807, 2.05) is 48.2 Å². The molecule has 9 nitrogen and oxygen atoms in total. The average Bonchev–Trinajstić information content (AvgIpc) is 3.78. The lowest BCUT2D eigenvalue weighted by molar-refractivity contribution is -0.136. The van der Waals surface area contributed by atoms with E-state index in [-0.39, 0.29) is 24.2 Å². The number of nitrogens with zero attached hydrogens (tertiary/aromatic N) is 4. The molecule has 2 aromatic carbocycles. The van der Waals surface area contributed by atoms with E-state index < -0.39 is 0 Å². The van der Waals surface area contributed by atoms with Gasteiger partial charge in [0.25, 0.3) is 0 Å². The molecule has 10 heteroatoms. The molecule has 7 rings (SSSR count). The molecule has 0 saturated carbocycles. The average molecular weight is 579 g/mol. The number of rotatable bonds is 7. The lowest BCUT2D eigenvalue weighted by Gasteiger charge is -2.40. The van der Waals surface area contributed by atoms with Crippen molar-refractivity contribution >= 4 is 27.7 Å². The second-order valence-electron chi connectivity index (χ2n) is 11.0. The van der Waals surface area contributed by atoms with Gasteiger partial charge in [0.1, 0.15) is 17.7 Å². The number of H-pyrrole nitrogens is 2. The molecule has 1 amide bonds. The summed E-state index contributed by atoms with van der Waals surface area (Å²) < 4.78 is 25.1. The van der Waals surface area contributed by atoms with Crippen molar-refractivity contribution in [1.82, 2.24) is 29.7 Å². The number of hydrogen-bond acceptors (Lipinski definition) is 6. The van der Waals surface area contributed by atoms with E-state index in [0.717, 1.165) is 49.9 Å². The smallest absolute Gasteiger partial charge is 0.227 e. The predicted molar refractivity (Wildman–Crippen MR) is 161 cm³/mol. The van der Waals surface area contributed by atoms with Crippen LogP contribution in [0.1, 0.15) is 28.7 Å². The summed E-state index contributed by atoms with van der Waals surface area (Å²) in [5.74, 6) is 0.808. The van der Waals surface area contributed by atoms with Crippen LogP contribution in [-0.2, 0) is 17.8 Å². The molecular weight excluding hydrogens is 547 g/mol. The SMILES string of the molecule is COc1nc2ccccc2cc1-c1cnc(C2CN(Cc3ccoc3)CCN2C(=O)Cc2c(C)[nH]c3ccc(F)cc23)[nH]1. The maximum Gasteiger partial charge on any atom is 0.227 e.